The Morgan fingerprint density at radius 3 is 2.61 bits per heavy atom. The molecule has 2 aromatic carbocycles. The van der Waals surface area contributed by atoms with Gasteiger partial charge in [-0.15, -0.1) is 0 Å². The van der Waals surface area contributed by atoms with Gasteiger partial charge in [0.1, 0.15) is 0 Å². The van der Waals surface area contributed by atoms with Crippen LogP contribution in [0.25, 0.3) is 22.0 Å². The van der Waals surface area contributed by atoms with Crippen LogP contribution in [0.2, 0.25) is 5.02 Å². The van der Waals surface area contributed by atoms with E-state index < -0.39 is 5.97 Å². The molecule has 0 unspecified atom stereocenters. The van der Waals surface area contributed by atoms with Crippen LogP contribution < -0.4 is 5.32 Å². The van der Waals surface area contributed by atoms with Gasteiger partial charge in [0.25, 0.3) is 0 Å². The summed E-state index contributed by atoms with van der Waals surface area (Å²) >= 11 is 9.50. The molecular formula is C21H13BrClN3O2. The molecule has 0 saturated carbocycles. The zero-order valence-electron chi connectivity index (χ0n) is 14.4. The standard InChI is InChI=1S/C21H13BrClN3O2/c22-13-1-3-18-15(9-13)20(17(11-25-18)12-5-7-24-8-6-12)26-19-4-2-14(23)10-16(19)21(27)28/h1-11H,(H,25,26)(H,27,28). The minimum absolute atomic E-state index is 0.0909. The number of aromatic nitrogens is 2. The van der Waals surface area contributed by atoms with Crippen molar-refractivity contribution in [3.63, 3.8) is 0 Å². The molecule has 0 aliphatic heterocycles. The van der Waals surface area contributed by atoms with Gasteiger partial charge in [0.15, 0.2) is 0 Å². The molecule has 0 amide bonds. The van der Waals surface area contributed by atoms with E-state index in [1.165, 1.54) is 6.07 Å². The zero-order valence-corrected chi connectivity index (χ0v) is 16.7. The lowest BCUT2D eigenvalue weighted by atomic mass is 10.0. The first kappa shape index (κ1) is 18.4. The van der Waals surface area contributed by atoms with Crippen LogP contribution in [-0.4, -0.2) is 21.0 Å². The molecule has 0 spiro atoms. The average Bonchev–Trinajstić information content (AvgIpc) is 2.70. The lowest BCUT2D eigenvalue weighted by Gasteiger charge is -2.17. The Hall–Kier alpha value is -2.96. The molecule has 0 saturated heterocycles. The first-order valence-electron chi connectivity index (χ1n) is 8.31. The van der Waals surface area contributed by atoms with Crippen LogP contribution >= 0.6 is 27.5 Å². The number of hydrogen-bond donors (Lipinski definition) is 2. The van der Waals surface area contributed by atoms with E-state index in [0.717, 1.165) is 32.2 Å². The van der Waals surface area contributed by atoms with E-state index in [4.69, 9.17) is 11.6 Å². The maximum absolute atomic E-state index is 11.7. The number of anilines is 2. The second kappa shape index (κ2) is 7.58. The van der Waals surface area contributed by atoms with E-state index in [1.807, 2.05) is 30.3 Å². The largest absolute Gasteiger partial charge is 0.478 e. The molecule has 2 aromatic heterocycles. The molecule has 0 fully saturated rings. The van der Waals surface area contributed by atoms with Gasteiger partial charge in [-0.25, -0.2) is 4.79 Å². The number of hydrogen-bond acceptors (Lipinski definition) is 4. The van der Waals surface area contributed by atoms with Gasteiger partial charge in [-0.2, -0.15) is 0 Å². The highest BCUT2D eigenvalue weighted by Gasteiger charge is 2.16. The fourth-order valence-electron chi connectivity index (χ4n) is 2.99. The zero-order chi connectivity index (χ0) is 19.7. The highest BCUT2D eigenvalue weighted by Crippen LogP contribution is 2.37. The number of pyridine rings is 2. The third-order valence-corrected chi connectivity index (χ3v) is 5.02. The molecule has 7 heteroatoms. The molecular weight excluding hydrogens is 442 g/mol. The van der Waals surface area contributed by atoms with Crippen molar-refractivity contribution < 1.29 is 9.90 Å². The first-order chi connectivity index (χ1) is 13.5. The Morgan fingerprint density at radius 1 is 1.07 bits per heavy atom. The Balaban J connectivity index is 1.97. The Morgan fingerprint density at radius 2 is 1.86 bits per heavy atom. The number of aromatic carboxylic acids is 1. The Kier molecular flexibility index (Phi) is 4.98. The highest BCUT2D eigenvalue weighted by molar-refractivity contribution is 9.10. The minimum atomic E-state index is -1.06. The summed E-state index contributed by atoms with van der Waals surface area (Å²) in [6.45, 7) is 0. The molecule has 28 heavy (non-hydrogen) atoms. The quantitative estimate of drug-likeness (QED) is 0.386. The van der Waals surface area contributed by atoms with E-state index in [0.29, 0.717) is 10.7 Å². The molecule has 4 rings (SSSR count). The van der Waals surface area contributed by atoms with Crippen LogP contribution in [-0.2, 0) is 0 Å². The Labute approximate surface area is 174 Å². The number of benzene rings is 2. The van der Waals surface area contributed by atoms with Crippen molar-refractivity contribution in [2.45, 2.75) is 0 Å². The van der Waals surface area contributed by atoms with Crippen molar-refractivity contribution in [3.05, 3.63) is 82.2 Å². The molecule has 0 radical (unpaired) electrons. The molecule has 0 atom stereocenters. The van der Waals surface area contributed by atoms with Crippen molar-refractivity contribution >= 4 is 55.8 Å². The van der Waals surface area contributed by atoms with Crippen LogP contribution in [0.5, 0.6) is 0 Å². The summed E-state index contributed by atoms with van der Waals surface area (Å²) in [6.07, 6.45) is 5.18. The first-order valence-corrected chi connectivity index (χ1v) is 9.48. The fourth-order valence-corrected chi connectivity index (χ4v) is 3.52. The topological polar surface area (TPSA) is 75.1 Å². The van der Waals surface area contributed by atoms with Gasteiger partial charge in [-0.3, -0.25) is 9.97 Å². The van der Waals surface area contributed by atoms with Gasteiger partial charge in [0, 0.05) is 39.0 Å². The van der Waals surface area contributed by atoms with Crippen LogP contribution in [0.4, 0.5) is 11.4 Å². The van der Waals surface area contributed by atoms with E-state index in [9.17, 15) is 9.90 Å². The highest BCUT2D eigenvalue weighted by atomic mass is 79.9. The van der Waals surface area contributed by atoms with E-state index in [2.05, 4.69) is 31.2 Å². The Bertz CT molecular complexity index is 1200. The van der Waals surface area contributed by atoms with Gasteiger partial charge in [-0.05, 0) is 54.1 Å². The number of carbonyl (C=O) groups is 1. The number of nitrogens with zero attached hydrogens (tertiary/aromatic N) is 2. The summed E-state index contributed by atoms with van der Waals surface area (Å²) in [5, 5.41) is 14.1. The van der Waals surface area contributed by atoms with Crippen LogP contribution in [0.1, 0.15) is 10.4 Å². The van der Waals surface area contributed by atoms with E-state index >= 15 is 0 Å². The van der Waals surface area contributed by atoms with Gasteiger partial charge in [0.2, 0.25) is 0 Å². The molecule has 2 N–H and O–H groups in total. The maximum Gasteiger partial charge on any atom is 0.337 e. The molecule has 0 bridgehead atoms. The summed E-state index contributed by atoms with van der Waals surface area (Å²) in [5.41, 5.74) is 3.82. The number of nitrogens with one attached hydrogen (secondary N) is 1. The average molecular weight is 455 g/mol. The molecule has 0 aliphatic carbocycles. The number of carboxylic acid groups (broad SMARTS) is 1. The second-order valence-electron chi connectivity index (χ2n) is 6.06. The summed E-state index contributed by atoms with van der Waals surface area (Å²) in [5.74, 6) is -1.06. The SMILES string of the molecule is O=C(O)c1cc(Cl)ccc1Nc1c(-c2ccncc2)cnc2ccc(Br)cc12. The normalized spacial score (nSPS) is 10.8. The molecule has 138 valence electrons. The molecule has 5 nitrogen and oxygen atoms in total. The van der Waals surface area contributed by atoms with E-state index in [-0.39, 0.29) is 5.56 Å². The van der Waals surface area contributed by atoms with Crippen molar-refractivity contribution in [3.8, 4) is 11.1 Å². The summed E-state index contributed by atoms with van der Waals surface area (Å²) in [7, 11) is 0. The van der Waals surface area contributed by atoms with Gasteiger partial charge in [-0.1, -0.05) is 27.5 Å². The monoisotopic (exact) mass is 453 g/mol. The van der Waals surface area contributed by atoms with Crippen LogP contribution in [0.3, 0.4) is 0 Å². The van der Waals surface area contributed by atoms with Crippen molar-refractivity contribution in [2.24, 2.45) is 0 Å². The van der Waals surface area contributed by atoms with Crippen molar-refractivity contribution in [2.75, 3.05) is 5.32 Å². The number of carboxylic acids is 1. The predicted molar refractivity (Wildman–Crippen MR) is 114 cm³/mol. The smallest absolute Gasteiger partial charge is 0.337 e. The van der Waals surface area contributed by atoms with E-state index in [1.54, 1.807) is 30.7 Å². The van der Waals surface area contributed by atoms with Gasteiger partial charge < -0.3 is 10.4 Å². The maximum atomic E-state index is 11.7. The second-order valence-corrected chi connectivity index (χ2v) is 7.42. The molecule has 4 aromatic rings. The third-order valence-electron chi connectivity index (χ3n) is 4.29. The predicted octanol–water partition coefficient (Wildman–Crippen LogP) is 6.15. The molecule has 0 aliphatic rings. The lowest BCUT2D eigenvalue weighted by molar-refractivity contribution is 0.0698. The number of rotatable bonds is 4. The van der Waals surface area contributed by atoms with Crippen molar-refractivity contribution in [1.29, 1.82) is 0 Å². The fraction of sp³-hybridized carbons (Fsp3) is 0. The van der Waals surface area contributed by atoms with Crippen LogP contribution in [0, 0.1) is 0 Å². The summed E-state index contributed by atoms with van der Waals surface area (Å²) < 4.78 is 0.895. The number of halogens is 2. The number of fused-ring (bicyclic) bond motifs is 1. The molecule has 2 heterocycles. The summed E-state index contributed by atoms with van der Waals surface area (Å²) in [4.78, 5) is 20.3. The summed E-state index contributed by atoms with van der Waals surface area (Å²) in [6, 6.07) is 14.3. The minimum Gasteiger partial charge on any atom is -0.478 e. The van der Waals surface area contributed by atoms with Crippen LogP contribution in [0.15, 0.2) is 71.6 Å². The van der Waals surface area contributed by atoms with Gasteiger partial charge in [0.05, 0.1) is 22.5 Å². The van der Waals surface area contributed by atoms with Crippen molar-refractivity contribution in [1.82, 2.24) is 9.97 Å². The van der Waals surface area contributed by atoms with Gasteiger partial charge >= 0.3 is 5.97 Å². The lowest BCUT2D eigenvalue weighted by Crippen LogP contribution is -2.04. The third kappa shape index (κ3) is 3.56.